The molecule has 1 aromatic rings. The highest BCUT2D eigenvalue weighted by Crippen LogP contribution is 2.15. The summed E-state index contributed by atoms with van der Waals surface area (Å²) in [6, 6.07) is 6.78. The molecular formula is C12H16BrF. The van der Waals surface area contributed by atoms with Gasteiger partial charge in [-0.2, -0.15) is 0 Å². The summed E-state index contributed by atoms with van der Waals surface area (Å²) in [4.78, 5) is 0.595. The molecule has 14 heavy (non-hydrogen) atoms. The Kier molecular flexibility index (Phi) is 5.16. The smallest absolute Gasteiger partial charge is 0.123 e. The van der Waals surface area contributed by atoms with Crippen LogP contribution < -0.4 is 0 Å². The molecule has 0 nitrogen and oxygen atoms in total. The third-order valence-electron chi connectivity index (χ3n) is 2.26. The van der Waals surface area contributed by atoms with Gasteiger partial charge in [-0.15, -0.1) is 0 Å². The van der Waals surface area contributed by atoms with Crippen LogP contribution in [0.4, 0.5) is 4.39 Å². The van der Waals surface area contributed by atoms with Crippen LogP contribution in [0.5, 0.6) is 0 Å². The Morgan fingerprint density at radius 3 is 2.43 bits per heavy atom. The number of aryl methyl sites for hydroxylation is 1. The second-order valence-corrected chi connectivity index (χ2v) is 4.85. The van der Waals surface area contributed by atoms with Crippen molar-refractivity contribution in [1.29, 1.82) is 0 Å². The molecular weight excluding hydrogens is 243 g/mol. The van der Waals surface area contributed by atoms with Gasteiger partial charge in [-0.3, -0.25) is 0 Å². The number of halogens is 2. The van der Waals surface area contributed by atoms with Gasteiger partial charge in [0.15, 0.2) is 0 Å². The maximum atomic E-state index is 12.6. The third-order valence-corrected chi connectivity index (χ3v) is 3.18. The number of hydrogen-bond acceptors (Lipinski definition) is 0. The molecule has 0 heterocycles. The Balaban J connectivity index is 2.34. The molecule has 0 aliphatic carbocycles. The Morgan fingerprint density at radius 1 is 1.21 bits per heavy atom. The molecule has 0 spiro atoms. The minimum atomic E-state index is -0.155. The van der Waals surface area contributed by atoms with Gasteiger partial charge in [-0.05, 0) is 37.0 Å². The van der Waals surface area contributed by atoms with Crippen LogP contribution in [0.1, 0.15) is 31.7 Å². The average Bonchev–Trinajstić information content (AvgIpc) is 2.17. The van der Waals surface area contributed by atoms with Crippen LogP contribution in [0.25, 0.3) is 0 Å². The topological polar surface area (TPSA) is 0 Å². The van der Waals surface area contributed by atoms with Gasteiger partial charge in [0.1, 0.15) is 5.82 Å². The van der Waals surface area contributed by atoms with Crippen LogP contribution in [0, 0.1) is 5.82 Å². The standard InChI is InChI=1S/C12H16BrF/c1-2-3-11(13)7-4-10-5-8-12(14)9-6-10/h5-6,8-9,11H,2-4,7H2,1H3. The van der Waals surface area contributed by atoms with E-state index in [0.29, 0.717) is 4.83 Å². The molecule has 78 valence electrons. The minimum absolute atomic E-state index is 0.155. The summed E-state index contributed by atoms with van der Waals surface area (Å²) in [6.07, 6.45) is 4.57. The molecule has 0 aliphatic rings. The van der Waals surface area contributed by atoms with Crippen LogP contribution in [0.15, 0.2) is 24.3 Å². The maximum absolute atomic E-state index is 12.6. The molecule has 0 N–H and O–H groups in total. The van der Waals surface area contributed by atoms with Crippen LogP contribution in [-0.2, 0) is 6.42 Å². The highest BCUT2D eigenvalue weighted by Gasteiger charge is 2.02. The molecule has 0 radical (unpaired) electrons. The van der Waals surface area contributed by atoms with E-state index in [1.54, 1.807) is 0 Å². The van der Waals surface area contributed by atoms with Crippen LogP contribution in [-0.4, -0.2) is 4.83 Å². The first kappa shape index (κ1) is 11.7. The maximum Gasteiger partial charge on any atom is 0.123 e. The number of rotatable bonds is 5. The molecule has 0 bridgehead atoms. The molecule has 1 unspecified atom stereocenters. The summed E-state index contributed by atoms with van der Waals surface area (Å²) in [5.74, 6) is -0.155. The van der Waals surface area contributed by atoms with Crippen molar-refractivity contribution < 1.29 is 4.39 Å². The van der Waals surface area contributed by atoms with Crippen molar-refractivity contribution >= 4 is 15.9 Å². The zero-order chi connectivity index (χ0) is 10.4. The van der Waals surface area contributed by atoms with E-state index in [4.69, 9.17) is 0 Å². The summed E-state index contributed by atoms with van der Waals surface area (Å²) in [5.41, 5.74) is 1.21. The largest absolute Gasteiger partial charge is 0.207 e. The molecule has 0 amide bonds. The molecule has 1 aromatic carbocycles. The molecule has 1 rings (SSSR count). The highest BCUT2D eigenvalue weighted by molar-refractivity contribution is 9.09. The lowest BCUT2D eigenvalue weighted by Crippen LogP contribution is -1.99. The molecule has 1 atom stereocenters. The van der Waals surface area contributed by atoms with Crippen molar-refractivity contribution in [2.45, 2.75) is 37.4 Å². The summed E-state index contributed by atoms with van der Waals surface area (Å²) in [7, 11) is 0. The van der Waals surface area contributed by atoms with E-state index < -0.39 is 0 Å². The lowest BCUT2D eigenvalue weighted by molar-refractivity contribution is 0.626. The second kappa shape index (κ2) is 6.18. The molecule has 0 saturated carbocycles. The summed E-state index contributed by atoms with van der Waals surface area (Å²) in [5, 5.41) is 0. The zero-order valence-electron chi connectivity index (χ0n) is 8.47. The third kappa shape index (κ3) is 4.23. The van der Waals surface area contributed by atoms with Gasteiger partial charge in [0.2, 0.25) is 0 Å². The fourth-order valence-corrected chi connectivity index (χ4v) is 2.12. The first-order chi connectivity index (χ1) is 6.72. The first-order valence-electron chi connectivity index (χ1n) is 5.11. The van der Waals surface area contributed by atoms with Gasteiger partial charge >= 0.3 is 0 Å². The fraction of sp³-hybridized carbons (Fsp3) is 0.500. The minimum Gasteiger partial charge on any atom is -0.207 e. The first-order valence-corrected chi connectivity index (χ1v) is 6.02. The second-order valence-electron chi connectivity index (χ2n) is 3.55. The Labute approximate surface area is 93.7 Å². The molecule has 0 saturated heterocycles. The number of benzene rings is 1. The van der Waals surface area contributed by atoms with Gasteiger partial charge in [-0.1, -0.05) is 41.4 Å². The SMILES string of the molecule is CCCC(Br)CCc1ccc(F)cc1. The van der Waals surface area contributed by atoms with E-state index in [1.165, 1.54) is 30.5 Å². The van der Waals surface area contributed by atoms with Gasteiger partial charge in [0.25, 0.3) is 0 Å². The van der Waals surface area contributed by atoms with E-state index in [9.17, 15) is 4.39 Å². The van der Waals surface area contributed by atoms with E-state index in [-0.39, 0.29) is 5.82 Å². The van der Waals surface area contributed by atoms with Gasteiger partial charge in [0, 0.05) is 4.83 Å². The normalized spacial score (nSPS) is 12.8. The van der Waals surface area contributed by atoms with Gasteiger partial charge in [-0.25, -0.2) is 4.39 Å². The van der Waals surface area contributed by atoms with Crippen molar-refractivity contribution in [2.75, 3.05) is 0 Å². The van der Waals surface area contributed by atoms with Crippen molar-refractivity contribution in [3.05, 3.63) is 35.6 Å². The molecule has 0 aromatic heterocycles. The Morgan fingerprint density at radius 2 is 1.86 bits per heavy atom. The molecule has 0 aliphatic heterocycles. The van der Waals surface area contributed by atoms with E-state index in [2.05, 4.69) is 22.9 Å². The Hall–Kier alpha value is -0.370. The van der Waals surface area contributed by atoms with Crippen molar-refractivity contribution in [3.8, 4) is 0 Å². The zero-order valence-corrected chi connectivity index (χ0v) is 10.1. The highest BCUT2D eigenvalue weighted by atomic mass is 79.9. The Bertz CT molecular complexity index is 256. The number of alkyl halides is 1. The average molecular weight is 259 g/mol. The lowest BCUT2D eigenvalue weighted by Gasteiger charge is -2.07. The molecule has 0 fully saturated rings. The number of hydrogen-bond donors (Lipinski definition) is 0. The van der Waals surface area contributed by atoms with Crippen molar-refractivity contribution in [3.63, 3.8) is 0 Å². The summed E-state index contributed by atoms with van der Waals surface area (Å²) >= 11 is 3.64. The quantitative estimate of drug-likeness (QED) is 0.691. The van der Waals surface area contributed by atoms with Gasteiger partial charge in [0.05, 0.1) is 0 Å². The predicted molar refractivity (Wildman–Crippen MR) is 62.3 cm³/mol. The van der Waals surface area contributed by atoms with Gasteiger partial charge < -0.3 is 0 Å². The monoisotopic (exact) mass is 258 g/mol. The van der Waals surface area contributed by atoms with E-state index in [1.807, 2.05) is 12.1 Å². The lowest BCUT2D eigenvalue weighted by atomic mass is 10.1. The molecule has 2 heteroatoms. The summed E-state index contributed by atoms with van der Waals surface area (Å²) in [6.45, 7) is 2.19. The van der Waals surface area contributed by atoms with E-state index >= 15 is 0 Å². The van der Waals surface area contributed by atoms with Crippen LogP contribution >= 0.6 is 15.9 Å². The van der Waals surface area contributed by atoms with Crippen LogP contribution in [0.2, 0.25) is 0 Å². The van der Waals surface area contributed by atoms with E-state index in [0.717, 1.165) is 12.8 Å². The fourth-order valence-electron chi connectivity index (χ4n) is 1.43. The predicted octanol–water partition coefficient (Wildman–Crippen LogP) is 4.32. The van der Waals surface area contributed by atoms with Crippen LogP contribution in [0.3, 0.4) is 0 Å². The van der Waals surface area contributed by atoms with Crippen molar-refractivity contribution in [1.82, 2.24) is 0 Å². The van der Waals surface area contributed by atoms with Crippen molar-refractivity contribution in [2.24, 2.45) is 0 Å². The summed E-state index contributed by atoms with van der Waals surface area (Å²) < 4.78 is 12.6.